The third-order valence-electron chi connectivity index (χ3n) is 3.71. The van der Waals surface area contributed by atoms with Crippen LogP contribution in [0, 0.1) is 12.7 Å². The quantitative estimate of drug-likeness (QED) is 0.805. The van der Waals surface area contributed by atoms with E-state index in [2.05, 4.69) is 0 Å². The van der Waals surface area contributed by atoms with Gasteiger partial charge < -0.3 is 0 Å². The third kappa shape index (κ3) is 3.32. The monoisotopic (exact) mass is 350 g/mol. The van der Waals surface area contributed by atoms with Crippen LogP contribution in [0.25, 0.3) is 0 Å². The van der Waals surface area contributed by atoms with Gasteiger partial charge in [-0.1, -0.05) is 0 Å². The molecule has 1 fully saturated rings. The minimum Gasteiger partial charge on any atom is -0.212 e. The number of nitrogens with zero attached hydrogens (tertiary/aromatic N) is 2. The second kappa shape index (κ2) is 6.23. The lowest BCUT2D eigenvalue weighted by Crippen LogP contribution is -2.50. The molecular weight excluding hydrogens is 331 g/mol. The van der Waals surface area contributed by atoms with Crippen LogP contribution >= 0.6 is 0 Å². The van der Waals surface area contributed by atoms with Gasteiger partial charge in [-0.15, -0.1) is 0 Å². The van der Waals surface area contributed by atoms with E-state index >= 15 is 0 Å². The standard InChI is InChI=1S/C13H19FN2O4S2/c1-3-21(17,18)15-6-8-16(9-7-15)22(19,20)13-5-4-12(14)10-11(13)2/h4-5,10H,3,6-9H2,1-2H3. The van der Waals surface area contributed by atoms with Gasteiger partial charge in [0.05, 0.1) is 10.6 Å². The van der Waals surface area contributed by atoms with Gasteiger partial charge in [-0.25, -0.2) is 21.2 Å². The lowest BCUT2D eigenvalue weighted by molar-refractivity contribution is 0.273. The Morgan fingerprint density at radius 1 is 1.05 bits per heavy atom. The molecule has 0 spiro atoms. The Bertz CT molecular complexity index is 754. The molecule has 6 nitrogen and oxygen atoms in total. The molecule has 0 atom stereocenters. The highest BCUT2D eigenvalue weighted by Gasteiger charge is 2.32. The molecule has 0 aliphatic carbocycles. The molecule has 1 aromatic rings. The summed E-state index contributed by atoms with van der Waals surface area (Å²) in [5.74, 6) is -0.494. The maximum atomic E-state index is 13.1. The lowest BCUT2D eigenvalue weighted by atomic mass is 10.2. The van der Waals surface area contributed by atoms with Gasteiger partial charge in [0.25, 0.3) is 0 Å². The van der Waals surface area contributed by atoms with E-state index < -0.39 is 25.9 Å². The van der Waals surface area contributed by atoms with E-state index in [4.69, 9.17) is 0 Å². The SMILES string of the molecule is CCS(=O)(=O)N1CCN(S(=O)(=O)c2ccc(F)cc2C)CC1. The van der Waals surface area contributed by atoms with Gasteiger partial charge in [-0.2, -0.15) is 8.61 Å². The Balaban J connectivity index is 2.20. The van der Waals surface area contributed by atoms with Gasteiger partial charge in [0, 0.05) is 26.2 Å². The summed E-state index contributed by atoms with van der Waals surface area (Å²) in [5.41, 5.74) is 0.337. The highest BCUT2D eigenvalue weighted by Crippen LogP contribution is 2.22. The Morgan fingerprint density at radius 2 is 1.59 bits per heavy atom. The molecule has 1 saturated heterocycles. The van der Waals surface area contributed by atoms with Crippen LogP contribution in [0.15, 0.2) is 23.1 Å². The molecule has 1 aliphatic heterocycles. The number of aryl methyl sites for hydroxylation is 1. The van der Waals surface area contributed by atoms with Crippen molar-refractivity contribution in [2.24, 2.45) is 0 Å². The van der Waals surface area contributed by atoms with Crippen molar-refractivity contribution in [1.82, 2.24) is 8.61 Å². The molecule has 0 N–H and O–H groups in total. The Kier molecular flexibility index (Phi) is 4.90. The van der Waals surface area contributed by atoms with E-state index in [1.807, 2.05) is 0 Å². The molecule has 1 heterocycles. The summed E-state index contributed by atoms with van der Waals surface area (Å²) in [5, 5.41) is 0. The summed E-state index contributed by atoms with van der Waals surface area (Å²) in [6.07, 6.45) is 0. The number of benzene rings is 1. The van der Waals surface area contributed by atoms with Crippen LogP contribution in [-0.2, 0) is 20.0 Å². The molecule has 0 unspecified atom stereocenters. The zero-order valence-corrected chi connectivity index (χ0v) is 14.1. The number of rotatable bonds is 4. The van der Waals surface area contributed by atoms with Gasteiger partial charge in [0.2, 0.25) is 20.0 Å². The molecule has 9 heteroatoms. The van der Waals surface area contributed by atoms with Crippen molar-refractivity contribution >= 4 is 20.0 Å². The fraction of sp³-hybridized carbons (Fsp3) is 0.538. The smallest absolute Gasteiger partial charge is 0.212 e. The zero-order chi connectivity index (χ0) is 16.5. The summed E-state index contributed by atoms with van der Waals surface area (Å²) in [6, 6.07) is 3.53. The van der Waals surface area contributed by atoms with Gasteiger partial charge in [0.1, 0.15) is 5.82 Å². The summed E-state index contributed by atoms with van der Waals surface area (Å²) in [4.78, 5) is 0.0562. The van der Waals surface area contributed by atoms with Crippen LogP contribution in [0.4, 0.5) is 4.39 Å². The Morgan fingerprint density at radius 3 is 2.09 bits per heavy atom. The normalized spacial score (nSPS) is 18.5. The number of sulfonamides is 2. The molecule has 22 heavy (non-hydrogen) atoms. The van der Waals surface area contributed by atoms with Crippen molar-refractivity contribution in [2.75, 3.05) is 31.9 Å². The molecule has 1 aliphatic rings. The molecule has 1 aromatic carbocycles. The van der Waals surface area contributed by atoms with Crippen molar-refractivity contribution in [2.45, 2.75) is 18.7 Å². The van der Waals surface area contributed by atoms with E-state index in [-0.39, 0.29) is 36.8 Å². The molecule has 0 radical (unpaired) electrons. The summed E-state index contributed by atoms with van der Waals surface area (Å²) < 4.78 is 64.4. The van der Waals surface area contributed by atoms with Crippen molar-refractivity contribution in [3.63, 3.8) is 0 Å². The largest absolute Gasteiger partial charge is 0.243 e. The van der Waals surface area contributed by atoms with E-state index in [0.717, 1.165) is 6.07 Å². The first-order chi connectivity index (χ1) is 10.2. The number of hydrogen-bond acceptors (Lipinski definition) is 4. The van der Waals surface area contributed by atoms with E-state index in [0.29, 0.717) is 5.56 Å². The third-order valence-corrected chi connectivity index (χ3v) is 7.65. The molecular formula is C13H19FN2O4S2. The molecule has 0 saturated carbocycles. The van der Waals surface area contributed by atoms with Gasteiger partial charge in [-0.3, -0.25) is 0 Å². The molecule has 0 bridgehead atoms. The second-order valence-corrected chi connectivity index (χ2v) is 9.28. The highest BCUT2D eigenvalue weighted by atomic mass is 32.2. The van der Waals surface area contributed by atoms with Gasteiger partial charge >= 0.3 is 0 Å². The van der Waals surface area contributed by atoms with Crippen LogP contribution in [0.2, 0.25) is 0 Å². The summed E-state index contributed by atoms with van der Waals surface area (Å²) in [7, 11) is -7.05. The Hall–Kier alpha value is -1.03. The first-order valence-electron chi connectivity index (χ1n) is 6.92. The van der Waals surface area contributed by atoms with E-state index in [9.17, 15) is 21.2 Å². The first kappa shape index (κ1) is 17.3. The van der Waals surface area contributed by atoms with Crippen molar-refractivity contribution < 1.29 is 21.2 Å². The average Bonchev–Trinajstić information content (AvgIpc) is 2.47. The molecule has 0 amide bonds. The second-order valence-electron chi connectivity index (χ2n) is 5.11. The average molecular weight is 350 g/mol. The number of hydrogen-bond donors (Lipinski definition) is 0. The summed E-state index contributed by atoms with van der Waals surface area (Å²) in [6.45, 7) is 3.55. The molecule has 0 aromatic heterocycles. The van der Waals surface area contributed by atoms with Crippen molar-refractivity contribution in [3.8, 4) is 0 Å². The minimum absolute atomic E-state index is 0.00315. The number of halogens is 1. The van der Waals surface area contributed by atoms with E-state index in [1.54, 1.807) is 6.92 Å². The van der Waals surface area contributed by atoms with Crippen LogP contribution < -0.4 is 0 Å². The fourth-order valence-electron chi connectivity index (χ4n) is 2.41. The summed E-state index contributed by atoms with van der Waals surface area (Å²) >= 11 is 0. The molecule has 124 valence electrons. The maximum Gasteiger partial charge on any atom is 0.243 e. The van der Waals surface area contributed by atoms with Crippen molar-refractivity contribution in [3.05, 3.63) is 29.6 Å². The van der Waals surface area contributed by atoms with E-state index in [1.165, 1.54) is 27.7 Å². The highest BCUT2D eigenvalue weighted by molar-refractivity contribution is 7.89. The van der Waals surface area contributed by atoms with Crippen LogP contribution in [0.5, 0.6) is 0 Å². The molecule has 2 rings (SSSR count). The predicted molar refractivity (Wildman–Crippen MR) is 80.9 cm³/mol. The topological polar surface area (TPSA) is 74.8 Å². The van der Waals surface area contributed by atoms with Crippen LogP contribution in [0.3, 0.4) is 0 Å². The van der Waals surface area contributed by atoms with Gasteiger partial charge in [0.15, 0.2) is 0 Å². The number of piperazine rings is 1. The lowest BCUT2D eigenvalue weighted by Gasteiger charge is -2.33. The van der Waals surface area contributed by atoms with Crippen molar-refractivity contribution in [1.29, 1.82) is 0 Å². The van der Waals surface area contributed by atoms with Crippen LogP contribution in [-0.4, -0.2) is 57.4 Å². The fourth-order valence-corrected chi connectivity index (χ4v) is 5.12. The zero-order valence-electron chi connectivity index (χ0n) is 12.5. The van der Waals surface area contributed by atoms with Gasteiger partial charge in [-0.05, 0) is 37.6 Å². The van der Waals surface area contributed by atoms with Crippen LogP contribution in [0.1, 0.15) is 12.5 Å². The first-order valence-corrected chi connectivity index (χ1v) is 9.97. The Labute approximate surface area is 130 Å². The maximum absolute atomic E-state index is 13.1. The minimum atomic E-state index is -3.74. The predicted octanol–water partition coefficient (Wildman–Crippen LogP) is 0.790.